The number of carbonyl (C=O) groups is 2. The average molecular weight is 248 g/mol. The van der Waals surface area contributed by atoms with Gasteiger partial charge >= 0.3 is 5.97 Å². The minimum absolute atomic E-state index is 0.139. The summed E-state index contributed by atoms with van der Waals surface area (Å²) in [7, 11) is 1.57. The predicted octanol–water partition coefficient (Wildman–Crippen LogP) is 2.23. The molecule has 1 aromatic rings. The first-order valence-electron chi connectivity index (χ1n) is 6.00. The van der Waals surface area contributed by atoms with E-state index >= 15 is 0 Å². The summed E-state index contributed by atoms with van der Waals surface area (Å²) in [4.78, 5) is 22.8. The molecular formula is C14H16O4. The first-order valence-corrected chi connectivity index (χ1v) is 6.00. The van der Waals surface area contributed by atoms with Crippen molar-refractivity contribution in [2.45, 2.75) is 25.2 Å². The van der Waals surface area contributed by atoms with Crippen LogP contribution in [0, 0.1) is 5.92 Å². The van der Waals surface area contributed by atoms with Gasteiger partial charge in [0.2, 0.25) is 0 Å². The Hall–Kier alpha value is -1.84. The highest BCUT2D eigenvalue weighted by molar-refractivity contribution is 5.83. The van der Waals surface area contributed by atoms with Gasteiger partial charge in [0.1, 0.15) is 11.5 Å². The Morgan fingerprint density at radius 3 is 2.89 bits per heavy atom. The van der Waals surface area contributed by atoms with E-state index in [4.69, 9.17) is 4.74 Å². The number of ketones is 1. The van der Waals surface area contributed by atoms with Gasteiger partial charge in [0, 0.05) is 18.8 Å². The van der Waals surface area contributed by atoms with Crippen LogP contribution in [-0.4, -0.2) is 24.0 Å². The highest BCUT2D eigenvalue weighted by Gasteiger charge is 2.35. The van der Waals surface area contributed by atoms with E-state index in [2.05, 4.69) is 0 Å². The largest absolute Gasteiger partial charge is 0.497 e. The fourth-order valence-corrected chi connectivity index (χ4v) is 2.53. The van der Waals surface area contributed by atoms with Crippen molar-refractivity contribution in [3.8, 4) is 5.75 Å². The second-order valence-corrected chi connectivity index (χ2v) is 4.61. The zero-order chi connectivity index (χ0) is 13.1. The molecule has 18 heavy (non-hydrogen) atoms. The minimum atomic E-state index is -0.824. The van der Waals surface area contributed by atoms with Gasteiger partial charge in [-0.05, 0) is 24.1 Å². The molecule has 0 spiro atoms. The standard InChI is InChI=1S/C14H16O4/c1-18-11-4-2-3-9(7-11)13-8-10(15)5-6-12(13)14(16)17/h2-4,7,12-13H,5-6,8H2,1H3,(H,16,17). The van der Waals surface area contributed by atoms with Crippen LogP contribution in [0.25, 0.3) is 0 Å². The molecule has 1 aliphatic carbocycles. The fraction of sp³-hybridized carbons (Fsp3) is 0.429. The Morgan fingerprint density at radius 2 is 2.22 bits per heavy atom. The van der Waals surface area contributed by atoms with E-state index in [-0.39, 0.29) is 11.7 Å². The summed E-state index contributed by atoms with van der Waals surface area (Å²) >= 11 is 0. The number of ether oxygens (including phenoxy) is 1. The van der Waals surface area contributed by atoms with Gasteiger partial charge in [0.25, 0.3) is 0 Å². The molecule has 2 rings (SSSR count). The number of hydrogen-bond acceptors (Lipinski definition) is 3. The molecule has 4 nitrogen and oxygen atoms in total. The SMILES string of the molecule is COc1cccc(C2CC(=O)CCC2C(=O)O)c1. The van der Waals surface area contributed by atoms with Crippen LogP contribution in [0.2, 0.25) is 0 Å². The molecule has 0 radical (unpaired) electrons. The van der Waals surface area contributed by atoms with Crippen molar-refractivity contribution in [1.82, 2.24) is 0 Å². The smallest absolute Gasteiger partial charge is 0.307 e. The third-order valence-electron chi connectivity index (χ3n) is 3.51. The molecule has 96 valence electrons. The molecule has 1 aliphatic rings. The van der Waals surface area contributed by atoms with Crippen LogP contribution in [0.5, 0.6) is 5.75 Å². The Balaban J connectivity index is 2.31. The fourth-order valence-electron chi connectivity index (χ4n) is 2.53. The average Bonchev–Trinajstić information content (AvgIpc) is 2.38. The summed E-state index contributed by atoms with van der Waals surface area (Å²) in [5, 5.41) is 9.24. The number of carboxylic acid groups (broad SMARTS) is 1. The van der Waals surface area contributed by atoms with E-state index < -0.39 is 11.9 Å². The molecule has 4 heteroatoms. The third kappa shape index (κ3) is 2.53. The Labute approximate surface area is 106 Å². The summed E-state index contributed by atoms with van der Waals surface area (Å²) in [6, 6.07) is 7.32. The molecule has 2 atom stereocenters. The number of methoxy groups -OCH3 is 1. The van der Waals surface area contributed by atoms with Gasteiger partial charge in [-0.3, -0.25) is 9.59 Å². The summed E-state index contributed by atoms with van der Waals surface area (Å²) < 4.78 is 5.14. The van der Waals surface area contributed by atoms with E-state index in [0.717, 1.165) is 5.56 Å². The van der Waals surface area contributed by atoms with Crippen LogP contribution in [0.1, 0.15) is 30.7 Å². The van der Waals surface area contributed by atoms with Crippen molar-refractivity contribution in [2.24, 2.45) is 5.92 Å². The first kappa shape index (κ1) is 12.6. The molecular weight excluding hydrogens is 232 g/mol. The van der Waals surface area contributed by atoms with Gasteiger partial charge in [-0.1, -0.05) is 12.1 Å². The number of carboxylic acids is 1. The lowest BCUT2D eigenvalue weighted by molar-refractivity contribution is -0.144. The molecule has 1 N–H and O–H groups in total. The molecule has 0 saturated heterocycles. The maximum Gasteiger partial charge on any atom is 0.307 e. The molecule has 1 saturated carbocycles. The topological polar surface area (TPSA) is 63.6 Å². The Morgan fingerprint density at radius 1 is 1.44 bits per heavy atom. The van der Waals surface area contributed by atoms with Crippen molar-refractivity contribution in [3.63, 3.8) is 0 Å². The number of benzene rings is 1. The molecule has 0 amide bonds. The van der Waals surface area contributed by atoms with E-state index in [1.54, 1.807) is 7.11 Å². The molecule has 0 aromatic heterocycles. The monoisotopic (exact) mass is 248 g/mol. The summed E-state index contributed by atoms with van der Waals surface area (Å²) in [6.07, 6.45) is 1.11. The number of aliphatic carboxylic acids is 1. The van der Waals surface area contributed by atoms with Crippen LogP contribution >= 0.6 is 0 Å². The second-order valence-electron chi connectivity index (χ2n) is 4.61. The minimum Gasteiger partial charge on any atom is -0.497 e. The molecule has 2 unspecified atom stereocenters. The summed E-state index contributed by atoms with van der Waals surface area (Å²) in [5.74, 6) is -0.709. The van der Waals surface area contributed by atoms with Crippen LogP contribution < -0.4 is 4.74 Å². The van der Waals surface area contributed by atoms with Crippen molar-refractivity contribution >= 4 is 11.8 Å². The third-order valence-corrected chi connectivity index (χ3v) is 3.51. The molecule has 1 fully saturated rings. The van der Waals surface area contributed by atoms with Gasteiger partial charge in [0.15, 0.2) is 0 Å². The maximum absolute atomic E-state index is 11.5. The van der Waals surface area contributed by atoms with Gasteiger partial charge in [-0.15, -0.1) is 0 Å². The first-order chi connectivity index (χ1) is 8.61. The summed E-state index contributed by atoms with van der Waals surface area (Å²) in [5.41, 5.74) is 0.870. The predicted molar refractivity (Wildman–Crippen MR) is 65.7 cm³/mol. The highest BCUT2D eigenvalue weighted by atomic mass is 16.5. The van der Waals surface area contributed by atoms with Gasteiger partial charge in [0.05, 0.1) is 13.0 Å². The van der Waals surface area contributed by atoms with Gasteiger partial charge < -0.3 is 9.84 Å². The zero-order valence-electron chi connectivity index (χ0n) is 10.3. The molecule has 0 bridgehead atoms. The van der Waals surface area contributed by atoms with Crippen molar-refractivity contribution < 1.29 is 19.4 Å². The Bertz CT molecular complexity index is 467. The van der Waals surface area contributed by atoms with Crippen molar-refractivity contribution in [1.29, 1.82) is 0 Å². The van der Waals surface area contributed by atoms with Crippen LogP contribution in [0.3, 0.4) is 0 Å². The lowest BCUT2D eigenvalue weighted by Crippen LogP contribution is -2.29. The second kappa shape index (κ2) is 5.21. The van der Waals surface area contributed by atoms with E-state index in [1.807, 2.05) is 24.3 Å². The van der Waals surface area contributed by atoms with Crippen LogP contribution in [0.15, 0.2) is 24.3 Å². The normalized spacial score (nSPS) is 23.7. The van der Waals surface area contributed by atoms with Gasteiger partial charge in [-0.25, -0.2) is 0 Å². The quantitative estimate of drug-likeness (QED) is 0.891. The number of hydrogen-bond donors (Lipinski definition) is 1. The molecule has 0 heterocycles. The van der Waals surface area contributed by atoms with Crippen LogP contribution in [-0.2, 0) is 9.59 Å². The summed E-state index contributed by atoms with van der Waals surface area (Å²) in [6.45, 7) is 0. The van der Waals surface area contributed by atoms with E-state index in [0.29, 0.717) is 25.0 Å². The highest BCUT2D eigenvalue weighted by Crippen LogP contribution is 2.37. The lowest BCUT2D eigenvalue weighted by atomic mass is 9.75. The van der Waals surface area contributed by atoms with Crippen molar-refractivity contribution in [2.75, 3.05) is 7.11 Å². The van der Waals surface area contributed by atoms with Crippen LogP contribution in [0.4, 0.5) is 0 Å². The maximum atomic E-state index is 11.5. The molecule has 0 aliphatic heterocycles. The number of Topliss-reactive ketones (excluding diaryl/α,β-unsaturated/α-hetero) is 1. The van der Waals surface area contributed by atoms with E-state index in [9.17, 15) is 14.7 Å². The van der Waals surface area contributed by atoms with E-state index in [1.165, 1.54) is 0 Å². The van der Waals surface area contributed by atoms with Gasteiger partial charge in [-0.2, -0.15) is 0 Å². The number of rotatable bonds is 3. The molecule has 1 aromatic carbocycles. The lowest BCUT2D eigenvalue weighted by Gasteiger charge is -2.28. The van der Waals surface area contributed by atoms with Crippen molar-refractivity contribution in [3.05, 3.63) is 29.8 Å². The Kier molecular flexibility index (Phi) is 3.65. The number of carbonyl (C=O) groups excluding carboxylic acids is 1. The zero-order valence-corrected chi connectivity index (χ0v) is 10.3.